The van der Waals surface area contributed by atoms with Crippen molar-refractivity contribution in [2.45, 2.75) is 19.4 Å². The number of hydrogen-bond donors (Lipinski definition) is 1. The molecule has 0 saturated heterocycles. The SMILES string of the molecule is CNC(Cc1ccoc1)c1ccc(OC)c(C)c1. The van der Waals surface area contributed by atoms with Gasteiger partial charge in [-0.3, -0.25) is 0 Å². The zero-order chi connectivity index (χ0) is 13.0. The number of rotatable bonds is 5. The first-order chi connectivity index (χ1) is 8.74. The molecule has 1 unspecified atom stereocenters. The van der Waals surface area contributed by atoms with E-state index in [0.717, 1.165) is 17.7 Å². The lowest BCUT2D eigenvalue weighted by atomic mass is 9.99. The molecule has 18 heavy (non-hydrogen) atoms. The summed E-state index contributed by atoms with van der Waals surface area (Å²) in [5, 5.41) is 3.34. The first-order valence-corrected chi connectivity index (χ1v) is 6.07. The molecule has 3 nitrogen and oxygen atoms in total. The second-order valence-electron chi connectivity index (χ2n) is 4.41. The lowest BCUT2D eigenvalue weighted by molar-refractivity contribution is 0.411. The largest absolute Gasteiger partial charge is 0.496 e. The second-order valence-corrected chi connectivity index (χ2v) is 4.41. The molecule has 0 fully saturated rings. The molecule has 2 rings (SSSR count). The maximum absolute atomic E-state index is 5.28. The van der Waals surface area contributed by atoms with E-state index in [4.69, 9.17) is 9.15 Å². The van der Waals surface area contributed by atoms with Gasteiger partial charge in [0, 0.05) is 6.04 Å². The van der Waals surface area contributed by atoms with Gasteiger partial charge in [-0.1, -0.05) is 12.1 Å². The van der Waals surface area contributed by atoms with Crippen molar-refractivity contribution in [3.05, 3.63) is 53.5 Å². The molecule has 2 aromatic rings. The minimum atomic E-state index is 0.284. The smallest absolute Gasteiger partial charge is 0.121 e. The molecular weight excluding hydrogens is 226 g/mol. The third-order valence-corrected chi connectivity index (χ3v) is 3.19. The molecule has 1 atom stereocenters. The molecule has 0 aliphatic carbocycles. The Hall–Kier alpha value is -1.74. The molecule has 0 saturated carbocycles. The van der Waals surface area contributed by atoms with Crippen LogP contribution in [0.1, 0.15) is 22.7 Å². The summed E-state index contributed by atoms with van der Waals surface area (Å²) in [6, 6.07) is 8.57. The number of methoxy groups -OCH3 is 1. The molecule has 0 aliphatic heterocycles. The first kappa shape index (κ1) is 12.7. The summed E-state index contributed by atoms with van der Waals surface area (Å²) >= 11 is 0. The Labute approximate surface area is 108 Å². The number of hydrogen-bond acceptors (Lipinski definition) is 3. The number of aryl methyl sites for hydroxylation is 1. The zero-order valence-corrected chi connectivity index (χ0v) is 11.1. The van der Waals surface area contributed by atoms with E-state index in [1.807, 2.05) is 19.2 Å². The third-order valence-electron chi connectivity index (χ3n) is 3.19. The Balaban J connectivity index is 2.19. The molecule has 1 N–H and O–H groups in total. The Morgan fingerprint density at radius 3 is 2.72 bits per heavy atom. The van der Waals surface area contributed by atoms with Crippen LogP contribution in [0, 0.1) is 6.92 Å². The van der Waals surface area contributed by atoms with E-state index in [9.17, 15) is 0 Å². The van der Waals surface area contributed by atoms with Crippen molar-refractivity contribution >= 4 is 0 Å². The predicted molar refractivity (Wildman–Crippen MR) is 71.9 cm³/mol. The van der Waals surface area contributed by atoms with Crippen LogP contribution in [-0.4, -0.2) is 14.2 Å². The molecule has 0 radical (unpaired) electrons. The molecule has 0 bridgehead atoms. The van der Waals surface area contributed by atoms with E-state index in [-0.39, 0.29) is 6.04 Å². The van der Waals surface area contributed by atoms with Crippen molar-refractivity contribution in [3.63, 3.8) is 0 Å². The Bertz CT molecular complexity index is 491. The molecule has 0 spiro atoms. The molecule has 0 aliphatic rings. The lowest BCUT2D eigenvalue weighted by Gasteiger charge is -2.17. The zero-order valence-electron chi connectivity index (χ0n) is 11.1. The molecule has 3 heteroatoms. The van der Waals surface area contributed by atoms with E-state index >= 15 is 0 Å². The van der Waals surface area contributed by atoms with E-state index < -0.39 is 0 Å². The van der Waals surface area contributed by atoms with E-state index in [1.165, 1.54) is 11.1 Å². The topological polar surface area (TPSA) is 34.4 Å². The number of nitrogens with one attached hydrogen (secondary N) is 1. The summed E-state index contributed by atoms with van der Waals surface area (Å²) in [5.74, 6) is 0.928. The van der Waals surface area contributed by atoms with Gasteiger partial charge in [0.2, 0.25) is 0 Å². The molecule has 0 amide bonds. The maximum atomic E-state index is 5.28. The summed E-state index contributed by atoms with van der Waals surface area (Å²) in [7, 11) is 3.67. The Morgan fingerprint density at radius 2 is 2.17 bits per heavy atom. The lowest BCUT2D eigenvalue weighted by Crippen LogP contribution is -2.18. The third kappa shape index (κ3) is 2.74. The number of benzene rings is 1. The summed E-state index contributed by atoms with van der Waals surface area (Å²) in [6.07, 6.45) is 4.42. The average molecular weight is 245 g/mol. The van der Waals surface area contributed by atoms with Crippen molar-refractivity contribution in [2.75, 3.05) is 14.2 Å². The van der Waals surface area contributed by atoms with Gasteiger partial charge >= 0.3 is 0 Å². The van der Waals surface area contributed by atoms with Gasteiger partial charge in [0.15, 0.2) is 0 Å². The van der Waals surface area contributed by atoms with Crippen LogP contribution in [-0.2, 0) is 6.42 Å². The molecule has 1 aromatic heterocycles. The first-order valence-electron chi connectivity index (χ1n) is 6.07. The highest BCUT2D eigenvalue weighted by Crippen LogP contribution is 2.24. The van der Waals surface area contributed by atoms with Crippen molar-refractivity contribution in [1.82, 2.24) is 5.32 Å². The van der Waals surface area contributed by atoms with E-state index in [2.05, 4.69) is 24.4 Å². The standard InChI is InChI=1S/C15H19NO2/c1-11-8-13(4-5-15(11)17-3)14(16-2)9-12-6-7-18-10-12/h4-8,10,14,16H,9H2,1-3H3. The minimum Gasteiger partial charge on any atom is -0.496 e. The average Bonchev–Trinajstić information content (AvgIpc) is 2.88. The van der Waals surface area contributed by atoms with Crippen LogP contribution in [0.2, 0.25) is 0 Å². The van der Waals surface area contributed by atoms with Gasteiger partial charge in [-0.25, -0.2) is 0 Å². The van der Waals surface area contributed by atoms with Gasteiger partial charge in [0.05, 0.1) is 19.6 Å². The summed E-state index contributed by atoms with van der Waals surface area (Å²) < 4.78 is 10.4. The number of furan rings is 1. The van der Waals surface area contributed by atoms with E-state index in [0.29, 0.717) is 0 Å². The van der Waals surface area contributed by atoms with Crippen LogP contribution < -0.4 is 10.1 Å². The van der Waals surface area contributed by atoms with Gasteiger partial charge in [-0.05, 0) is 49.2 Å². The van der Waals surface area contributed by atoms with Gasteiger partial charge < -0.3 is 14.5 Å². The van der Waals surface area contributed by atoms with Crippen molar-refractivity contribution in [2.24, 2.45) is 0 Å². The fourth-order valence-electron chi connectivity index (χ4n) is 2.15. The van der Waals surface area contributed by atoms with Crippen LogP contribution in [0.4, 0.5) is 0 Å². The summed E-state index contributed by atoms with van der Waals surface area (Å²) in [6.45, 7) is 2.06. The maximum Gasteiger partial charge on any atom is 0.121 e. The van der Waals surface area contributed by atoms with Crippen molar-refractivity contribution in [3.8, 4) is 5.75 Å². The van der Waals surface area contributed by atoms with Crippen LogP contribution in [0.15, 0.2) is 41.2 Å². The fourth-order valence-corrected chi connectivity index (χ4v) is 2.15. The van der Waals surface area contributed by atoms with Crippen LogP contribution >= 0.6 is 0 Å². The van der Waals surface area contributed by atoms with Crippen LogP contribution in [0.3, 0.4) is 0 Å². The van der Waals surface area contributed by atoms with Gasteiger partial charge in [-0.2, -0.15) is 0 Å². The highest BCUT2D eigenvalue weighted by atomic mass is 16.5. The Morgan fingerprint density at radius 1 is 1.33 bits per heavy atom. The summed E-state index contributed by atoms with van der Waals surface area (Å²) in [4.78, 5) is 0. The molecule has 1 aromatic carbocycles. The van der Waals surface area contributed by atoms with Crippen LogP contribution in [0.25, 0.3) is 0 Å². The minimum absolute atomic E-state index is 0.284. The Kier molecular flexibility index (Phi) is 4.05. The van der Waals surface area contributed by atoms with Gasteiger partial charge in [0.25, 0.3) is 0 Å². The highest BCUT2D eigenvalue weighted by Gasteiger charge is 2.12. The molecular formula is C15H19NO2. The monoisotopic (exact) mass is 245 g/mol. The van der Waals surface area contributed by atoms with Crippen LogP contribution in [0.5, 0.6) is 5.75 Å². The normalized spacial score (nSPS) is 12.4. The number of ether oxygens (including phenoxy) is 1. The molecule has 1 heterocycles. The molecule has 96 valence electrons. The van der Waals surface area contributed by atoms with Crippen molar-refractivity contribution in [1.29, 1.82) is 0 Å². The second kappa shape index (κ2) is 5.74. The highest BCUT2D eigenvalue weighted by molar-refractivity contribution is 5.37. The van der Waals surface area contributed by atoms with Crippen molar-refractivity contribution < 1.29 is 9.15 Å². The quantitative estimate of drug-likeness (QED) is 0.879. The fraction of sp³-hybridized carbons (Fsp3) is 0.333. The summed E-state index contributed by atoms with van der Waals surface area (Å²) in [5.41, 5.74) is 3.61. The van der Waals surface area contributed by atoms with Gasteiger partial charge in [-0.15, -0.1) is 0 Å². The van der Waals surface area contributed by atoms with E-state index in [1.54, 1.807) is 19.6 Å². The predicted octanol–water partition coefficient (Wildman–Crippen LogP) is 3.10. The van der Waals surface area contributed by atoms with Gasteiger partial charge in [0.1, 0.15) is 5.75 Å². The number of likely N-dealkylation sites (N-methyl/N-ethyl adjacent to an activating group) is 1.